The van der Waals surface area contributed by atoms with Crippen LogP contribution in [0.15, 0.2) is 22.7 Å². The van der Waals surface area contributed by atoms with E-state index in [-0.39, 0.29) is 11.9 Å². The van der Waals surface area contributed by atoms with E-state index in [4.69, 9.17) is 4.74 Å². The zero-order valence-electron chi connectivity index (χ0n) is 11.6. The normalized spacial score (nSPS) is 10.6. The highest BCUT2D eigenvalue weighted by Gasteiger charge is 2.06. The topological polar surface area (TPSA) is 50.4 Å². The van der Waals surface area contributed by atoms with Gasteiger partial charge in [0.1, 0.15) is 5.75 Å². The average molecular weight is 329 g/mol. The van der Waals surface area contributed by atoms with Gasteiger partial charge in [0, 0.05) is 12.6 Å². The lowest BCUT2D eigenvalue weighted by Gasteiger charge is -2.11. The molecule has 0 aliphatic heterocycles. The molecule has 0 bridgehead atoms. The fourth-order valence-corrected chi connectivity index (χ4v) is 2.16. The largest absolute Gasteiger partial charge is 0.492 e. The molecule has 2 N–H and O–H groups in total. The van der Waals surface area contributed by atoms with E-state index in [2.05, 4.69) is 26.6 Å². The maximum Gasteiger partial charge on any atom is 0.223 e. The third kappa shape index (κ3) is 6.07. The molecular weight excluding hydrogens is 308 g/mol. The summed E-state index contributed by atoms with van der Waals surface area (Å²) in [6, 6.07) is 6.10. The van der Waals surface area contributed by atoms with Crippen molar-refractivity contribution >= 4 is 21.8 Å². The Labute approximate surface area is 123 Å². The number of carbonyl (C=O) groups excluding carboxylic acids is 1. The number of halogens is 1. The lowest BCUT2D eigenvalue weighted by atomic mass is 10.2. The molecule has 0 saturated heterocycles. The minimum absolute atomic E-state index is 0.0120. The van der Waals surface area contributed by atoms with Gasteiger partial charge in [-0.1, -0.05) is 6.07 Å². The second-order valence-electron chi connectivity index (χ2n) is 4.62. The van der Waals surface area contributed by atoms with Crippen molar-refractivity contribution < 1.29 is 9.53 Å². The first-order valence-electron chi connectivity index (χ1n) is 6.38. The maximum atomic E-state index is 11.5. The van der Waals surface area contributed by atoms with Gasteiger partial charge in [-0.3, -0.25) is 4.79 Å². The number of amides is 1. The summed E-state index contributed by atoms with van der Waals surface area (Å²) in [5.41, 5.74) is 1.18. The minimum Gasteiger partial charge on any atom is -0.492 e. The molecule has 0 aliphatic rings. The van der Waals surface area contributed by atoms with E-state index in [1.807, 2.05) is 39.1 Å². The monoisotopic (exact) mass is 328 g/mol. The van der Waals surface area contributed by atoms with Crippen molar-refractivity contribution in [2.45, 2.75) is 32.9 Å². The molecule has 0 atom stereocenters. The van der Waals surface area contributed by atoms with Crippen molar-refractivity contribution in [2.75, 3.05) is 13.7 Å². The summed E-state index contributed by atoms with van der Waals surface area (Å²) in [4.78, 5) is 11.5. The van der Waals surface area contributed by atoms with Gasteiger partial charge < -0.3 is 15.4 Å². The molecule has 0 spiro atoms. The van der Waals surface area contributed by atoms with Crippen molar-refractivity contribution in [3.8, 4) is 5.75 Å². The molecule has 0 unspecified atom stereocenters. The summed E-state index contributed by atoms with van der Waals surface area (Å²) >= 11 is 3.47. The minimum atomic E-state index is 0.0120. The number of benzene rings is 1. The van der Waals surface area contributed by atoms with Crippen LogP contribution in [0.1, 0.15) is 25.8 Å². The molecule has 5 heteroatoms. The van der Waals surface area contributed by atoms with Gasteiger partial charge >= 0.3 is 0 Å². The highest BCUT2D eigenvalue weighted by molar-refractivity contribution is 9.10. The van der Waals surface area contributed by atoms with E-state index >= 15 is 0 Å². The standard InChI is InChI=1S/C14H21BrN2O2/c1-10(2)17-14(18)6-7-19-13-5-4-11(9-16-3)8-12(13)15/h4-5,8,10,16H,6-7,9H2,1-3H3,(H,17,18). The zero-order chi connectivity index (χ0) is 14.3. The highest BCUT2D eigenvalue weighted by atomic mass is 79.9. The maximum absolute atomic E-state index is 11.5. The van der Waals surface area contributed by atoms with Gasteiger partial charge in [0.15, 0.2) is 0 Å². The van der Waals surface area contributed by atoms with Crippen LogP contribution in [-0.2, 0) is 11.3 Å². The number of carbonyl (C=O) groups is 1. The first kappa shape index (κ1) is 16.0. The van der Waals surface area contributed by atoms with Crippen LogP contribution in [0.4, 0.5) is 0 Å². The third-order valence-corrected chi connectivity index (χ3v) is 3.03. The van der Waals surface area contributed by atoms with Gasteiger partial charge in [-0.2, -0.15) is 0 Å². The number of rotatable bonds is 7. The molecule has 0 aliphatic carbocycles. The fraction of sp³-hybridized carbons (Fsp3) is 0.500. The van der Waals surface area contributed by atoms with Gasteiger partial charge in [0.25, 0.3) is 0 Å². The summed E-state index contributed by atoms with van der Waals surface area (Å²) in [6.07, 6.45) is 0.364. The lowest BCUT2D eigenvalue weighted by molar-refractivity contribution is -0.122. The van der Waals surface area contributed by atoms with Crippen LogP contribution < -0.4 is 15.4 Å². The van der Waals surface area contributed by atoms with Gasteiger partial charge in [-0.05, 0) is 54.5 Å². The van der Waals surface area contributed by atoms with Gasteiger partial charge in [0.2, 0.25) is 5.91 Å². The average Bonchev–Trinajstić information content (AvgIpc) is 2.31. The zero-order valence-corrected chi connectivity index (χ0v) is 13.2. The van der Waals surface area contributed by atoms with Crippen molar-refractivity contribution in [2.24, 2.45) is 0 Å². The summed E-state index contributed by atoms with van der Waals surface area (Å²) in [6.45, 7) is 5.07. The first-order valence-corrected chi connectivity index (χ1v) is 7.17. The predicted molar refractivity (Wildman–Crippen MR) is 80.3 cm³/mol. The summed E-state index contributed by atoms with van der Waals surface area (Å²) in [5.74, 6) is 0.773. The lowest BCUT2D eigenvalue weighted by Crippen LogP contribution is -2.31. The van der Waals surface area contributed by atoms with E-state index in [1.165, 1.54) is 5.56 Å². The van der Waals surface area contributed by atoms with Crippen LogP contribution in [0.3, 0.4) is 0 Å². The number of hydrogen-bond acceptors (Lipinski definition) is 3. The molecule has 0 fully saturated rings. The summed E-state index contributed by atoms with van der Waals surface area (Å²) in [7, 11) is 1.91. The quantitative estimate of drug-likeness (QED) is 0.808. The summed E-state index contributed by atoms with van der Waals surface area (Å²) < 4.78 is 6.50. The molecule has 1 amide bonds. The molecule has 0 saturated carbocycles. The third-order valence-electron chi connectivity index (χ3n) is 2.41. The Bertz CT molecular complexity index is 422. The van der Waals surface area contributed by atoms with Crippen LogP contribution >= 0.6 is 15.9 Å². The van der Waals surface area contributed by atoms with Crippen LogP contribution in [-0.4, -0.2) is 25.6 Å². The Morgan fingerprint density at radius 2 is 2.16 bits per heavy atom. The van der Waals surface area contributed by atoms with Crippen molar-refractivity contribution in [3.63, 3.8) is 0 Å². The van der Waals surface area contributed by atoms with Crippen molar-refractivity contribution in [3.05, 3.63) is 28.2 Å². The van der Waals surface area contributed by atoms with E-state index in [9.17, 15) is 4.79 Å². The van der Waals surface area contributed by atoms with Crippen molar-refractivity contribution in [1.82, 2.24) is 10.6 Å². The molecule has 0 heterocycles. The summed E-state index contributed by atoms with van der Waals surface area (Å²) in [5, 5.41) is 5.92. The van der Waals surface area contributed by atoms with Crippen molar-refractivity contribution in [1.29, 1.82) is 0 Å². The SMILES string of the molecule is CNCc1ccc(OCCC(=O)NC(C)C)c(Br)c1. The Morgan fingerprint density at radius 1 is 1.42 bits per heavy atom. The molecule has 19 heavy (non-hydrogen) atoms. The van der Waals surface area contributed by atoms with E-state index in [0.29, 0.717) is 13.0 Å². The Hall–Kier alpha value is -1.07. The second kappa shape index (κ2) is 8.17. The Morgan fingerprint density at radius 3 is 2.74 bits per heavy atom. The fourth-order valence-electron chi connectivity index (χ4n) is 1.62. The second-order valence-corrected chi connectivity index (χ2v) is 5.47. The number of ether oxygens (including phenoxy) is 1. The van der Waals surface area contributed by atoms with E-state index in [0.717, 1.165) is 16.8 Å². The molecule has 0 aromatic heterocycles. The van der Waals surface area contributed by atoms with Gasteiger partial charge in [0.05, 0.1) is 17.5 Å². The van der Waals surface area contributed by atoms with Crippen LogP contribution in [0.25, 0.3) is 0 Å². The molecule has 4 nitrogen and oxygen atoms in total. The molecule has 1 aromatic carbocycles. The molecular formula is C14H21BrN2O2. The highest BCUT2D eigenvalue weighted by Crippen LogP contribution is 2.26. The Kier molecular flexibility index (Phi) is 6.87. The molecule has 1 aromatic rings. The Balaban J connectivity index is 2.43. The predicted octanol–water partition coefficient (Wildman–Crippen LogP) is 2.46. The van der Waals surface area contributed by atoms with Crippen LogP contribution in [0.5, 0.6) is 5.75 Å². The molecule has 106 valence electrons. The smallest absolute Gasteiger partial charge is 0.223 e. The van der Waals surface area contributed by atoms with Gasteiger partial charge in [-0.15, -0.1) is 0 Å². The van der Waals surface area contributed by atoms with Gasteiger partial charge in [-0.25, -0.2) is 0 Å². The number of nitrogens with one attached hydrogen (secondary N) is 2. The molecule has 1 rings (SSSR count). The van der Waals surface area contributed by atoms with Crippen LogP contribution in [0, 0.1) is 0 Å². The van der Waals surface area contributed by atoms with E-state index in [1.54, 1.807) is 0 Å². The first-order chi connectivity index (χ1) is 9.02. The molecule has 0 radical (unpaired) electrons. The number of hydrogen-bond donors (Lipinski definition) is 2. The van der Waals surface area contributed by atoms with Crippen LogP contribution in [0.2, 0.25) is 0 Å². The van der Waals surface area contributed by atoms with E-state index < -0.39 is 0 Å².